The van der Waals surface area contributed by atoms with Gasteiger partial charge in [-0.2, -0.15) is 0 Å². The molecule has 2 aromatic rings. The van der Waals surface area contributed by atoms with E-state index in [4.69, 9.17) is 4.74 Å². The minimum absolute atomic E-state index is 0.0655. The average molecular weight is 349 g/mol. The highest BCUT2D eigenvalue weighted by atomic mass is 31.2. The van der Waals surface area contributed by atoms with Crippen LogP contribution >= 0.6 is 7.60 Å². The number of carbonyl (C=O) groups excluding carboxylic acids is 1. The van der Waals surface area contributed by atoms with Crippen molar-refractivity contribution in [3.63, 3.8) is 0 Å². The van der Waals surface area contributed by atoms with E-state index in [1.54, 1.807) is 24.3 Å². The Labute approximate surface area is 141 Å². The molecule has 7 heteroatoms. The number of rotatable bonds is 6. The maximum Gasteiger partial charge on any atom is 0.408 e. The molecule has 0 aliphatic heterocycles. The van der Waals surface area contributed by atoms with Crippen molar-refractivity contribution in [2.45, 2.75) is 19.3 Å². The third-order valence-electron chi connectivity index (χ3n) is 3.45. The molecule has 24 heavy (non-hydrogen) atoms. The summed E-state index contributed by atoms with van der Waals surface area (Å²) >= 11 is 0. The Morgan fingerprint density at radius 1 is 1.17 bits per heavy atom. The second-order valence-corrected chi connectivity index (χ2v) is 7.28. The van der Waals surface area contributed by atoms with Crippen LogP contribution in [0.4, 0.5) is 4.79 Å². The normalized spacial score (nSPS) is 14.5. The van der Waals surface area contributed by atoms with Crippen LogP contribution in [0.3, 0.4) is 0 Å². The lowest BCUT2D eigenvalue weighted by Gasteiger charge is -2.22. The Bertz CT molecular complexity index is 718. The van der Waals surface area contributed by atoms with Crippen LogP contribution in [0, 0.1) is 6.92 Å². The fourth-order valence-electron chi connectivity index (χ4n) is 2.08. The number of alkyl carbamates (subject to hydrolysis) is 1. The lowest BCUT2D eigenvalue weighted by Crippen LogP contribution is -2.29. The standard InChI is InChI=1S/C17H20NO5P/c1-13-8-10-15(11-9-13)16(24(20,21)22-2)18-17(19)23-12-14-6-4-3-5-7-14/h3-11,16H,12H2,1-2H3,(H,18,19)(H,20,21). The van der Waals surface area contributed by atoms with E-state index in [1.807, 2.05) is 37.3 Å². The maximum absolute atomic E-state index is 12.2. The van der Waals surface area contributed by atoms with Gasteiger partial charge in [0.1, 0.15) is 6.61 Å². The molecule has 0 aromatic heterocycles. The number of carbonyl (C=O) groups is 1. The van der Waals surface area contributed by atoms with E-state index < -0.39 is 19.5 Å². The predicted molar refractivity (Wildman–Crippen MR) is 90.5 cm³/mol. The summed E-state index contributed by atoms with van der Waals surface area (Å²) in [6.07, 6.45) is -0.796. The highest BCUT2D eigenvalue weighted by molar-refractivity contribution is 7.53. The first-order valence-corrected chi connectivity index (χ1v) is 8.99. The fourth-order valence-corrected chi connectivity index (χ4v) is 3.11. The van der Waals surface area contributed by atoms with Crippen LogP contribution in [-0.2, 0) is 20.4 Å². The van der Waals surface area contributed by atoms with Crippen LogP contribution in [0.15, 0.2) is 54.6 Å². The Kier molecular flexibility index (Phi) is 6.15. The van der Waals surface area contributed by atoms with Crippen LogP contribution in [0.5, 0.6) is 0 Å². The van der Waals surface area contributed by atoms with Gasteiger partial charge in [-0.1, -0.05) is 60.2 Å². The number of aryl methyl sites for hydroxylation is 1. The van der Waals surface area contributed by atoms with Crippen molar-refractivity contribution in [2.24, 2.45) is 0 Å². The summed E-state index contributed by atoms with van der Waals surface area (Å²) in [6.45, 7) is 1.96. The number of ether oxygens (including phenoxy) is 1. The first-order valence-electron chi connectivity index (χ1n) is 7.34. The van der Waals surface area contributed by atoms with E-state index in [9.17, 15) is 14.3 Å². The van der Waals surface area contributed by atoms with E-state index in [-0.39, 0.29) is 6.61 Å². The van der Waals surface area contributed by atoms with E-state index in [0.717, 1.165) is 18.2 Å². The van der Waals surface area contributed by atoms with E-state index in [2.05, 4.69) is 9.84 Å². The summed E-state index contributed by atoms with van der Waals surface area (Å²) in [5.74, 6) is -1.20. The summed E-state index contributed by atoms with van der Waals surface area (Å²) in [5, 5.41) is 2.41. The quantitative estimate of drug-likeness (QED) is 0.776. The Morgan fingerprint density at radius 3 is 2.38 bits per heavy atom. The maximum atomic E-state index is 12.2. The summed E-state index contributed by atoms with van der Waals surface area (Å²) in [4.78, 5) is 22.0. The summed E-state index contributed by atoms with van der Waals surface area (Å²) < 4.78 is 22.0. The largest absolute Gasteiger partial charge is 0.445 e. The Balaban J connectivity index is 2.09. The van der Waals surface area contributed by atoms with Gasteiger partial charge in [-0.25, -0.2) is 4.79 Å². The molecule has 2 rings (SSSR count). The molecule has 1 amide bonds. The molecule has 0 aliphatic rings. The Morgan fingerprint density at radius 2 is 1.79 bits per heavy atom. The molecule has 2 N–H and O–H groups in total. The topological polar surface area (TPSA) is 84.9 Å². The molecule has 128 valence electrons. The summed E-state index contributed by atoms with van der Waals surface area (Å²) in [7, 11) is -2.96. The van der Waals surface area contributed by atoms with Gasteiger partial charge in [-0.3, -0.25) is 4.57 Å². The molecule has 6 nitrogen and oxygen atoms in total. The minimum Gasteiger partial charge on any atom is -0.445 e. The predicted octanol–water partition coefficient (Wildman–Crippen LogP) is 3.75. The highest BCUT2D eigenvalue weighted by Crippen LogP contribution is 2.54. The van der Waals surface area contributed by atoms with Crippen molar-refractivity contribution in [1.82, 2.24) is 5.32 Å². The van der Waals surface area contributed by atoms with Crippen LogP contribution in [0.1, 0.15) is 22.5 Å². The van der Waals surface area contributed by atoms with Crippen molar-refractivity contribution in [1.29, 1.82) is 0 Å². The zero-order valence-corrected chi connectivity index (χ0v) is 14.4. The zero-order chi connectivity index (χ0) is 17.6. The number of nitrogens with one attached hydrogen (secondary N) is 1. The van der Waals surface area contributed by atoms with Crippen molar-refractivity contribution in [3.05, 3.63) is 71.3 Å². The molecule has 0 radical (unpaired) electrons. The fraction of sp³-hybridized carbons (Fsp3) is 0.235. The van der Waals surface area contributed by atoms with Crippen LogP contribution < -0.4 is 5.32 Å². The molecule has 0 saturated heterocycles. The van der Waals surface area contributed by atoms with E-state index in [1.165, 1.54) is 0 Å². The second-order valence-electron chi connectivity index (χ2n) is 5.27. The number of hydrogen-bond acceptors (Lipinski definition) is 4. The Hall–Kier alpha value is -2.14. The monoisotopic (exact) mass is 349 g/mol. The van der Waals surface area contributed by atoms with E-state index >= 15 is 0 Å². The third kappa shape index (κ3) is 4.93. The van der Waals surface area contributed by atoms with Gasteiger partial charge >= 0.3 is 13.7 Å². The first kappa shape index (κ1) is 18.2. The SMILES string of the molecule is COP(=O)(O)C(NC(=O)OCc1ccccc1)c1ccc(C)cc1. The van der Waals surface area contributed by atoms with Crippen LogP contribution in [-0.4, -0.2) is 18.1 Å². The van der Waals surface area contributed by atoms with Crippen LogP contribution in [0.2, 0.25) is 0 Å². The molecule has 0 heterocycles. The van der Waals surface area contributed by atoms with Gasteiger partial charge in [0.15, 0.2) is 5.78 Å². The van der Waals surface area contributed by atoms with Crippen molar-refractivity contribution in [3.8, 4) is 0 Å². The summed E-state index contributed by atoms with van der Waals surface area (Å²) in [6, 6.07) is 16.1. The van der Waals surface area contributed by atoms with Crippen molar-refractivity contribution >= 4 is 13.7 Å². The number of amides is 1. The smallest absolute Gasteiger partial charge is 0.408 e. The van der Waals surface area contributed by atoms with Gasteiger partial charge in [0.05, 0.1) is 0 Å². The first-order chi connectivity index (χ1) is 11.4. The molecule has 0 aliphatic carbocycles. The van der Waals surface area contributed by atoms with Gasteiger partial charge in [0.25, 0.3) is 0 Å². The molecular formula is C17H20NO5P. The molecule has 2 atom stereocenters. The molecule has 0 fully saturated rings. The molecule has 0 spiro atoms. The van der Waals surface area contributed by atoms with Gasteiger partial charge in [0, 0.05) is 7.11 Å². The van der Waals surface area contributed by atoms with E-state index in [0.29, 0.717) is 5.56 Å². The highest BCUT2D eigenvalue weighted by Gasteiger charge is 2.34. The summed E-state index contributed by atoms with van der Waals surface area (Å²) in [5.41, 5.74) is 2.28. The lowest BCUT2D eigenvalue weighted by atomic mass is 10.1. The van der Waals surface area contributed by atoms with Crippen molar-refractivity contribution in [2.75, 3.05) is 7.11 Å². The number of benzene rings is 2. The minimum atomic E-state index is -4.08. The van der Waals surface area contributed by atoms with Crippen LogP contribution in [0.25, 0.3) is 0 Å². The van der Waals surface area contributed by atoms with Crippen molar-refractivity contribution < 1.29 is 23.5 Å². The molecule has 0 saturated carbocycles. The average Bonchev–Trinajstić information content (AvgIpc) is 2.59. The lowest BCUT2D eigenvalue weighted by molar-refractivity contribution is 0.136. The van der Waals surface area contributed by atoms with Gasteiger partial charge in [0.2, 0.25) is 0 Å². The van der Waals surface area contributed by atoms with Gasteiger partial charge in [-0.05, 0) is 18.1 Å². The molecule has 2 aromatic carbocycles. The van der Waals surface area contributed by atoms with Gasteiger partial charge in [-0.15, -0.1) is 0 Å². The molecule has 2 unspecified atom stereocenters. The second kappa shape index (κ2) is 8.11. The molecule has 0 bridgehead atoms. The third-order valence-corrected chi connectivity index (χ3v) is 5.05. The van der Waals surface area contributed by atoms with Gasteiger partial charge < -0.3 is 19.5 Å². The zero-order valence-electron chi connectivity index (χ0n) is 13.5. The molecular weight excluding hydrogens is 329 g/mol. The number of hydrogen-bond donors (Lipinski definition) is 2.